The Balaban J connectivity index is 1.75. The summed E-state index contributed by atoms with van der Waals surface area (Å²) in [6.45, 7) is 0. The lowest BCUT2D eigenvalue weighted by Crippen LogP contribution is -2.32. The maximum atomic E-state index is 13.4. The Kier molecular flexibility index (Phi) is 7.83. The molecule has 4 aromatic rings. The van der Waals surface area contributed by atoms with Gasteiger partial charge in [-0.25, -0.2) is 4.99 Å². The van der Waals surface area contributed by atoms with Crippen LogP contribution in [0, 0.1) is 0 Å². The lowest BCUT2D eigenvalue weighted by atomic mass is 10.2. The number of thioether (sulfide) groups is 1. The first-order valence-corrected chi connectivity index (χ1v) is 15.5. The van der Waals surface area contributed by atoms with Crippen LogP contribution < -0.4 is 9.64 Å². The van der Waals surface area contributed by atoms with Crippen molar-refractivity contribution in [2.24, 2.45) is 13.8 Å². The van der Waals surface area contributed by atoms with Crippen molar-refractivity contribution in [1.29, 1.82) is 0 Å². The molecule has 0 atom stereocenters. The first-order chi connectivity index (χ1) is 19.3. The Morgan fingerprint density at radius 2 is 1.15 bits per heavy atom. The number of hydrogen-bond acceptors (Lipinski definition) is 7. The third-order valence-electron chi connectivity index (χ3n) is 5.59. The summed E-state index contributed by atoms with van der Waals surface area (Å²) in [6, 6.07) is 31.1. The van der Waals surface area contributed by atoms with Crippen molar-refractivity contribution < 1.29 is 21.6 Å². The molecule has 5 rings (SSSR count). The molecular weight excluding hydrogens is 569 g/mol. The average molecular weight is 591 g/mol. The minimum absolute atomic E-state index is 0.0437. The third-order valence-corrected chi connectivity index (χ3v) is 9.20. The lowest BCUT2D eigenvalue weighted by Gasteiger charge is -2.19. The summed E-state index contributed by atoms with van der Waals surface area (Å²) in [5.41, 5.74) is 1.05. The molecule has 0 amide bonds. The number of hydrogen-bond donors (Lipinski definition) is 0. The summed E-state index contributed by atoms with van der Waals surface area (Å²) < 4.78 is 66.8. The van der Waals surface area contributed by atoms with Crippen molar-refractivity contribution in [3.8, 4) is 5.75 Å². The van der Waals surface area contributed by atoms with Gasteiger partial charge in [-0.2, -0.15) is 16.8 Å². The number of nitrogens with zero attached hydrogens (tertiary/aromatic N) is 4. The lowest BCUT2D eigenvalue weighted by molar-refractivity contribution is 0.415. The van der Waals surface area contributed by atoms with E-state index in [1.807, 2.05) is 6.07 Å². The minimum Gasteiger partial charge on any atom is -0.497 e. The van der Waals surface area contributed by atoms with Crippen molar-refractivity contribution in [3.63, 3.8) is 0 Å². The van der Waals surface area contributed by atoms with Gasteiger partial charge in [-0.05, 0) is 72.4 Å². The smallest absolute Gasteiger partial charge is 0.284 e. The van der Waals surface area contributed by atoms with E-state index in [9.17, 15) is 16.8 Å². The van der Waals surface area contributed by atoms with Crippen molar-refractivity contribution in [3.05, 3.63) is 115 Å². The van der Waals surface area contributed by atoms with Gasteiger partial charge in [0.1, 0.15) is 5.75 Å². The van der Waals surface area contributed by atoms with E-state index in [4.69, 9.17) is 4.74 Å². The molecule has 0 N–H and O–H groups in total. The van der Waals surface area contributed by atoms with Gasteiger partial charge in [0, 0.05) is 5.69 Å². The second-order valence-electron chi connectivity index (χ2n) is 8.25. The van der Waals surface area contributed by atoms with Gasteiger partial charge in [0.2, 0.25) is 0 Å². The SMILES string of the molecule is COc1ccc(N2C(=Nc3ccccc3)SC(=N\S(=O)(=O)c3ccccc3)/C2=N\S(=O)(=O)c2ccccc2)cc1. The van der Waals surface area contributed by atoms with Crippen LogP contribution in [0.1, 0.15) is 0 Å². The zero-order chi connectivity index (χ0) is 28.2. The van der Waals surface area contributed by atoms with Crippen molar-refractivity contribution >= 4 is 59.2 Å². The van der Waals surface area contributed by atoms with E-state index in [1.165, 1.54) is 36.3 Å². The monoisotopic (exact) mass is 590 g/mol. The second-order valence-corrected chi connectivity index (χ2v) is 12.4. The second kappa shape index (κ2) is 11.5. The Hall–Kier alpha value is -4.26. The van der Waals surface area contributed by atoms with Crippen LogP contribution in [0.15, 0.2) is 139 Å². The summed E-state index contributed by atoms with van der Waals surface area (Å²) in [7, 11) is -6.96. The van der Waals surface area contributed by atoms with Gasteiger partial charge in [0.05, 0.1) is 22.6 Å². The number of benzene rings is 4. The zero-order valence-corrected chi connectivity index (χ0v) is 23.5. The van der Waals surface area contributed by atoms with E-state index in [1.54, 1.807) is 84.9 Å². The van der Waals surface area contributed by atoms with Crippen molar-refractivity contribution in [2.75, 3.05) is 12.0 Å². The molecule has 0 spiro atoms. The van der Waals surface area contributed by atoms with Crippen LogP contribution in [0.2, 0.25) is 0 Å². The fourth-order valence-corrected chi connectivity index (χ4v) is 6.91. The van der Waals surface area contributed by atoms with Gasteiger partial charge >= 0.3 is 0 Å². The third kappa shape index (κ3) is 5.98. The van der Waals surface area contributed by atoms with Gasteiger partial charge in [-0.3, -0.25) is 4.90 Å². The summed E-state index contributed by atoms with van der Waals surface area (Å²) in [6.07, 6.45) is 0. The number of rotatable bonds is 7. The maximum absolute atomic E-state index is 13.4. The highest BCUT2D eigenvalue weighted by molar-refractivity contribution is 8.30. The fourth-order valence-electron chi connectivity index (χ4n) is 3.67. The molecule has 0 bridgehead atoms. The average Bonchev–Trinajstić information content (AvgIpc) is 3.29. The molecule has 1 aliphatic rings. The van der Waals surface area contributed by atoms with Crippen LogP contribution in [0.5, 0.6) is 5.75 Å². The van der Waals surface area contributed by atoms with Crippen molar-refractivity contribution in [2.45, 2.75) is 9.79 Å². The Bertz CT molecular complexity index is 1810. The normalized spacial score (nSPS) is 17.0. The highest BCUT2D eigenvalue weighted by atomic mass is 32.2. The quantitative estimate of drug-likeness (QED) is 0.278. The van der Waals surface area contributed by atoms with Crippen LogP contribution in [0.3, 0.4) is 0 Å². The number of ether oxygens (including phenoxy) is 1. The van der Waals surface area contributed by atoms with E-state index in [0.29, 0.717) is 17.1 Å². The molecule has 0 aromatic heterocycles. The summed E-state index contributed by atoms with van der Waals surface area (Å²) in [5, 5.41) is 0.120. The number of methoxy groups -OCH3 is 1. The van der Waals surface area contributed by atoms with Gasteiger partial charge in [0.15, 0.2) is 16.0 Å². The molecule has 4 aromatic carbocycles. The molecule has 12 heteroatoms. The molecule has 0 radical (unpaired) electrons. The molecule has 9 nitrogen and oxygen atoms in total. The number of para-hydroxylation sites is 1. The molecule has 0 saturated carbocycles. The molecule has 0 unspecified atom stereocenters. The van der Waals surface area contributed by atoms with E-state index in [2.05, 4.69) is 13.8 Å². The number of anilines is 1. The molecule has 1 fully saturated rings. The molecule has 0 aliphatic carbocycles. The zero-order valence-electron chi connectivity index (χ0n) is 21.0. The molecule has 1 saturated heterocycles. The van der Waals surface area contributed by atoms with Crippen LogP contribution >= 0.6 is 11.8 Å². The molecule has 1 aliphatic heterocycles. The molecule has 202 valence electrons. The standard InChI is InChI=1S/C28H22N4O5S3/c1-37-23-19-17-22(18-20-23)32-26(30-39(33,34)24-13-7-3-8-14-24)27(31-40(35,36)25-15-9-4-10-16-25)38-28(32)29-21-11-5-2-6-12-21/h2-20H,1H3/b29-28?,30-26+,31-27-. The summed E-state index contributed by atoms with van der Waals surface area (Å²) in [5.74, 6) is 0.376. The van der Waals surface area contributed by atoms with E-state index in [-0.39, 0.29) is 25.8 Å². The molecule has 1 heterocycles. The maximum Gasteiger partial charge on any atom is 0.284 e. The van der Waals surface area contributed by atoms with E-state index >= 15 is 0 Å². The van der Waals surface area contributed by atoms with Gasteiger partial charge < -0.3 is 4.74 Å². The predicted molar refractivity (Wildman–Crippen MR) is 159 cm³/mol. The van der Waals surface area contributed by atoms with Crippen LogP contribution in [-0.2, 0) is 20.0 Å². The minimum atomic E-state index is -4.27. The van der Waals surface area contributed by atoms with Crippen LogP contribution in [0.4, 0.5) is 11.4 Å². The number of sulfonamides is 2. The summed E-state index contributed by atoms with van der Waals surface area (Å²) in [4.78, 5) is 6.06. The Labute approximate surface area is 236 Å². The first kappa shape index (κ1) is 27.3. The van der Waals surface area contributed by atoms with Crippen LogP contribution in [-0.4, -0.2) is 40.0 Å². The Morgan fingerprint density at radius 1 is 0.650 bits per heavy atom. The fraction of sp³-hybridized carbons (Fsp3) is 0.0357. The van der Waals surface area contributed by atoms with E-state index < -0.39 is 20.0 Å². The van der Waals surface area contributed by atoms with Gasteiger partial charge in [0.25, 0.3) is 20.0 Å². The molecule has 40 heavy (non-hydrogen) atoms. The highest BCUT2D eigenvalue weighted by Gasteiger charge is 2.38. The largest absolute Gasteiger partial charge is 0.497 e. The Morgan fingerprint density at radius 3 is 1.68 bits per heavy atom. The van der Waals surface area contributed by atoms with Crippen molar-refractivity contribution in [1.82, 2.24) is 0 Å². The molecular formula is C28H22N4O5S3. The van der Waals surface area contributed by atoms with Crippen LogP contribution in [0.25, 0.3) is 0 Å². The van der Waals surface area contributed by atoms with Gasteiger partial charge in [-0.1, -0.05) is 54.6 Å². The van der Waals surface area contributed by atoms with E-state index in [0.717, 1.165) is 11.8 Å². The topological polar surface area (TPSA) is 118 Å². The first-order valence-electron chi connectivity index (χ1n) is 11.8. The highest BCUT2D eigenvalue weighted by Crippen LogP contribution is 2.34. The number of aliphatic imine (C=N–C) groups is 1. The summed E-state index contributed by atoms with van der Waals surface area (Å²) >= 11 is 0.904. The van der Waals surface area contributed by atoms with Gasteiger partial charge in [-0.15, -0.1) is 8.80 Å². The predicted octanol–water partition coefficient (Wildman–Crippen LogP) is 5.51. The number of amidine groups is 2.